The van der Waals surface area contributed by atoms with Gasteiger partial charge in [-0.2, -0.15) is 0 Å². The van der Waals surface area contributed by atoms with E-state index < -0.39 is 10.0 Å². The number of benzene rings is 2. The van der Waals surface area contributed by atoms with Gasteiger partial charge in [-0.15, -0.1) is 0 Å². The van der Waals surface area contributed by atoms with E-state index in [2.05, 4.69) is 22.2 Å². The Morgan fingerprint density at radius 1 is 1.08 bits per heavy atom. The highest BCUT2D eigenvalue weighted by Gasteiger charge is 2.12. The molecule has 0 saturated heterocycles. The lowest BCUT2D eigenvalue weighted by atomic mass is 10.1. The Balaban J connectivity index is 1.93. The lowest BCUT2D eigenvalue weighted by Gasteiger charge is -2.14. The maximum atomic E-state index is 12.4. The Bertz CT molecular complexity index is 804. The van der Waals surface area contributed by atoms with E-state index in [1.807, 2.05) is 25.1 Å². The van der Waals surface area contributed by atoms with Gasteiger partial charge in [0.25, 0.3) is 5.91 Å². The molecule has 0 aliphatic heterocycles. The van der Waals surface area contributed by atoms with Crippen molar-refractivity contribution in [3.05, 3.63) is 65.7 Å². The maximum absolute atomic E-state index is 12.4. The van der Waals surface area contributed by atoms with Gasteiger partial charge in [-0.05, 0) is 50.5 Å². The molecule has 2 N–H and O–H groups in total. The van der Waals surface area contributed by atoms with Crippen LogP contribution in [-0.2, 0) is 16.4 Å². The summed E-state index contributed by atoms with van der Waals surface area (Å²) in [5.41, 5.74) is 2.06. The number of nitrogens with one attached hydrogen (secondary N) is 2. The second kappa shape index (κ2) is 8.67. The summed E-state index contributed by atoms with van der Waals surface area (Å²) in [5.74, 6) is -0.224. The Hall–Kier alpha value is -2.34. The normalized spacial score (nSPS) is 12.4. The zero-order valence-electron chi connectivity index (χ0n) is 14.5. The molecule has 2 rings (SSSR count). The standard InChI is InChI=1S/C19H24N2O3S/c1-3-25(23,24)21-18-11-7-10-17(14-18)19(22)20-15(2)12-13-16-8-5-4-6-9-16/h4-11,14-15,21H,3,12-13H2,1-2H3,(H,20,22)/t15-/m0/s1. The maximum Gasteiger partial charge on any atom is 0.251 e. The molecule has 0 aliphatic rings. The molecule has 1 amide bonds. The summed E-state index contributed by atoms with van der Waals surface area (Å²) in [6.45, 7) is 3.53. The Morgan fingerprint density at radius 3 is 2.48 bits per heavy atom. The average Bonchev–Trinajstić information content (AvgIpc) is 2.61. The molecule has 0 aromatic heterocycles. The van der Waals surface area contributed by atoms with E-state index in [9.17, 15) is 13.2 Å². The van der Waals surface area contributed by atoms with Crippen LogP contribution in [0.4, 0.5) is 5.69 Å². The van der Waals surface area contributed by atoms with E-state index in [0.717, 1.165) is 12.8 Å². The second-order valence-corrected chi connectivity index (χ2v) is 8.00. The molecule has 1 atom stereocenters. The van der Waals surface area contributed by atoms with Crippen LogP contribution in [0.1, 0.15) is 36.2 Å². The average molecular weight is 360 g/mol. The molecule has 0 fully saturated rings. The van der Waals surface area contributed by atoms with Crippen molar-refractivity contribution < 1.29 is 13.2 Å². The molecule has 0 unspecified atom stereocenters. The number of hydrogen-bond donors (Lipinski definition) is 2. The van der Waals surface area contributed by atoms with Crippen molar-refractivity contribution in [3.8, 4) is 0 Å². The van der Waals surface area contributed by atoms with Crippen molar-refractivity contribution in [1.29, 1.82) is 0 Å². The van der Waals surface area contributed by atoms with Crippen molar-refractivity contribution in [2.75, 3.05) is 10.5 Å². The largest absolute Gasteiger partial charge is 0.350 e. The predicted molar refractivity (Wildman–Crippen MR) is 101 cm³/mol. The number of carbonyl (C=O) groups is 1. The molecule has 0 spiro atoms. The molecule has 2 aromatic carbocycles. The molecule has 0 radical (unpaired) electrons. The van der Waals surface area contributed by atoms with Crippen LogP contribution >= 0.6 is 0 Å². The number of hydrogen-bond acceptors (Lipinski definition) is 3. The van der Waals surface area contributed by atoms with Crippen molar-refractivity contribution in [3.63, 3.8) is 0 Å². The van der Waals surface area contributed by atoms with Crippen LogP contribution in [0.25, 0.3) is 0 Å². The van der Waals surface area contributed by atoms with Gasteiger partial charge in [-0.25, -0.2) is 8.42 Å². The molecular formula is C19H24N2O3S. The minimum Gasteiger partial charge on any atom is -0.350 e. The van der Waals surface area contributed by atoms with Gasteiger partial charge in [0.05, 0.1) is 5.75 Å². The van der Waals surface area contributed by atoms with Crippen LogP contribution in [0.3, 0.4) is 0 Å². The minimum absolute atomic E-state index is 0.0139. The molecular weight excluding hydrogens is 336 g/mol. The number of carbonyl (C=O) groups excluding carboxylic acids is 1. The Kier molecular flexibility index (Phi) is 6.58. The number of aryl methyl sites for hydroxylation is 1. The van der Waals surface area contributed by atoms with Crippen molar-refractivity contribution in [2.45, 2.75) is 32.7 Å². The third kappa shape index (κ3) is 6.23. The lowest BCUT2D eigenvalue weighted by Crippen LogP contribution is -2.33. The summed E-state index contributed by atoms with van der Waals surface area (Å²) in [7, 11) is -3.36. The highest BCUT2D eigenvalue weighted by molar-refractivity contribution is 7.92. The van der Waals surface area contributed by atoms with Crippen molar-refractivity contribution >= 4 is 21.6 Å². The van der Waals surface area contributed by atoms with Crippen LogP contribution in [0.2, 0.25) is 0 Å². The summed E-state index contributed by atoms with van der Waals surface area (Å²) in [6.07, 6.45) is 1.72. The Morgan fingerprint density at radius 2 is 1.80 bits per heavy atom. The Labute approximate surface area is 149 Å². The van der Waals surface area contributed by atoms with E-state index >= 15 is 0 Å². The molecule has 2 aromatic rings. The fourth-order valence-corrected chi connectivity index (χ4v) is 3.01. The van der Waals surface area contributed by atoms with E-state index in [1.165, 1.54) is 5.56 Å². The molecule has 0 heterocycles. The molecule has 6 heteroatoms. The van der Waals surface area contributed by atoms with Crippen LogP contribution in [-0.4, -0.2) is 26.1 Å². The van der Waals surface area contributed by atoms with Crippen LogP contribution in [0.5, 0.6) is 0 Å². The van der Waals surface area contributed by atoms with E-state index in [0.29, 0.717) is 11.3 Å². The smallest absolute Gasteiger partial charge is 0.251 e. The first-order valence-corrected chi connectivity index (χ1v) is 10.00. The zero-order valence-corrected chi connectivity index (χ0v) is 15.3. The van der Waals surface area contributed by atoms with Gasteiger partial charge in [0.1, 0.15) is 0 Å². The fourth-order valence-electron chi connectivity index (χ4n) is 2.38. The highest BCUT2D eigenvalue weighted by atomic mass is 32.2. The van der Waals surface area contributed by atoms with E-state index in [1.54, 1.807) is 31.2 Å². The monoisotopic (exact) mass is 360 g/mol. The fraction of sp³-hybridized carbons (Fsp3) is 0.316. The number of rotatable bonds is 8. The molecule has 134 valence electrons. The predicted octanol–water partition coefficient (Wildman–Crippen LogP) is 3.20. The van der Waals surface area contributed by atoms with Gasteiger partial charge in [0.2, 0.25) is 10.0 Å². The van der Waals surface area contributed by atoms with Crippen molar-refractivity contribution in [1.82, 2.24) is 5.32 Å². The number of sulfonamides is 1. The quantitative estimate of drug-likeness (QED) is 0.759. The second-order valence-electron chi connectivity index (χ2n) is 5.99. The van der Waals surface area contributed by atoms with E-state index in [4.69, 9.17) is 0 Å². The zero-order chi connectivity index (χ0) is 18.3. The van der Waals surface area contributed by atoms with E-state index in [-0.39, 0.29) is 17.7 Å². The first-order valence-electron chi connectivity index (χ1n) is 8.35. The third-order valence-electron chi connectivity index (χ3n) is 3.86. The van der Waals surface area contributed by atoms with Crippen LogP contribution in [0, 0.1) is 0 Å². The molecule has 0 bridgehead atoms. The van der Waals surface area contributed by atoms with Crippen LogP contribution in [0.15, 0.2) is 54.6 Å². The summed E-state index contributed by atoms with van der Waals surface area (Å²) >= 11 is 0. The van der Waals surface area contributed by atoms with Gasteiger partial charge >= 0.3 is 0 Å². The molecule has 5 nitrogen and oxygen atoms in total. The number of anilines is 1. The summed E-state index contributed by atoms with van der Waals surface area (Å²) < 4.78 is 25.7. The van der Waals surface area contributed by atoms with Crippen LogP contribution < -0.4 is 10.0 Å². The van der Waals surface area contributed by atoms with Gasteiger partial charge < -0.3 is 5.32 Å². The molecule has 0 saturated carbocycles. The minimum atomic E-state index is -3.36. The van der Waals surface area contributed by atoms with Gasteiger partial charge in [-0.1, -0.05) is 36.4 Å². The van der Waals surface area contributed by atoms with Gasteiger partial charge in [0, 0.05) is 17.3 Å². The first-order chi connectivity index (χ1) is 11.9. The molecule has 25 heavy (non-hydrogen) atoms. The summed E-state index contributed by atoms with van der Waals surface area (Å²) in [4.78, 5) is 12.4. The molecule has 0 aliphatic carbocycles. The third-order valence-corrected chi connectivity index (χ3v) is 5.17. The highest BCUT2D eigenvalue weighted by Crippen LogP contribution is 2.13. The van der Waals surface area contributed by atoms with Gasteiger partial charge in [-0.3, -0.25) is 9.52 Å². The SMILES string of the molecule is CCS(=O)(=O)Nc1cccc(C(=O)N[C@@H](C)CCc2ccccc2)c1. The van der Waals surface area contributed by atoms with Crippen molar-refractivity contribution in [2.24, 2.45) is 0 Å². The first kappa shape index (κ1) is 19.0. The topological polar surface area (TPSA) is 75.3 Å². The number of amides is 1. The van der Waals surface area contributed by atoms with Gasteiger partial charge in [0.15, 0.2) is 0 Å². The summed E-state index contributed by atoms with van der Waals surface area (Å²) in [6, 6.07) is 16.6. The summed E-state index contributed by atoms with van der Waals surface area (Å²) in [5, 5.41) is 2.95. The lowest BCUT2D eigenvalue weighted by molar-refractivity contribution is 0.0938.